The third-order valence-electron chi connectivity index (χ3n) is 4.00. The van der Waals surface area contributed by atoms with Gasteiger partial charge in [0.05, 0.1) is 22.5 Å². The number of thiophene rings is 1. The van der Waals surface area contributed by atoms with Crippen molar-refractivity contribution in [3.05, 3.63) is 78.5 Å². The Morgan fingerprint density at radius 1 is 0.957 bits per heavy atom. The lowest BCUT2D eigenvalue weighted by atomic mass is 9.99. The Morgan fingerprint density at radius 3 is 2.52 bits per heavy atom. The van der Waals surface area contributed by atoms with Gasteiger partial charge in [-0.1, -0.05) is 25.1 Å². The average Bonchev–Trinajstić information content (AvgIpc) is 3.06. The molecule has 0 bridgehead atoms. The molecule has 0 spiro atoms. The highest BCUT2D eigenvalue weighted by atomic mass is 32.1. The molecule has 3 heterocycles. The summed E-state index contributed by atoms with van der Waals surface area (Å²) in [7, 11) is 0. The second-order valence-corrected chi connectivity index (χ2v) is 6.56. The lowest BCUT2D eigenvalue weighted by molar-refractivity contribution is 0.856. The molecular formula is C19H15N3S. The summed E-state index contributed by atoms with van der Waals surface area (Å²) in [5.41, 5.74) is 3.10. The summed E-state index contributed by atoms with van der Waals surface area (Å²) < 4.78 is 1.28. The molecule has 4 aromatic rings. The minimum Gasteiger partial charge on any atom is -0.265 e. The van der Waals surface area contributed by atoms with E-state index in [4.69, 9.17) is 0 Å². The van der Waals surface area contributed by atoms with Crippen molar-refractivity contribution in [2.75, 3.05) is 0 Å². The van der Waals surface area contributed by atoms with Crippen LogP contribution >= 0.6 is 11.3 Å². The minimum absolute atomic E-state index is 0.210. The number of fused-ring (bicyclic) bond motifs is 1. The van der Waals surface area contributed by atoms with Crippen LogP contribution in [0.2, 0.25) is 0 Å². The number of hydrogen-bond acceptors (Lipinski definition) is 4. The second-order valence-electron chi connectivity index (χ2n) is 5.48. The Bertz CT molecular complexity index is 897. The molecule has 0 aliphatic heterocycles. The maximum absolute atomic E-state index is 4.63. The maximum atomic E-state index is 4.63. The average molecular weight is 317 g/mol. The van der Waals surface area contributed by atoms with E-state index in [1.807, 2.05) is 36.9 Å². The van der Waals surface area contributed by atoms with Gasteiger partial charge in [-0.15, -0.1) is 11.3 Å². The van der Waals surface area contributed by atoms with Gasteiger partial charge in [0.25, 0.3) is 0 Å². The van der Waals surface area contributed by atoms with E-state index in [9.17, 15) is 0 Å². The maximum Gasteiger partial charge on any atom is 0.0985 e. The van der Waals surface area contributed by atoms with E-state index in [1.54, 1.807) is 11.3 Å². The molecule has 0 N–H and O–H groups in total. The van der Waals surface area contributed by atoms with Gasteiger partial charge in [0.2, 0.25) is 0 Å². The minimum atomic E-state index is 0.210. The van der Waals surface area contributed by atoms with Gasteiger partial charge in [-0.05, 0) is 35.2 Å². The van der Waals surface area contributed by atoms with Crippen molar-refractivity contribution in [1.82, 2.24) is 15.0 Å². The molecule has 0 saturated heterocycles. The first-order chi connectivity index (χ1) is 11.3. The summed E-state index contributed by atoms with van der Waals surface area (Å²) in [5, 5.41) is 1.25. The monoisotopic (exact) mass is 317 g/mol. The van der Waals surface area contributed by atoms with Crippen molar-refractivity contribution in [3.8, 4) is 10.6 Å². The number of pyridine rings is 1. The molecule has 0 fully saturated rings. The molecule has 1 aromatic carbocycles. The zero-order chi connectivity index (χ0) is 15.6. The molecule has 112 valence electrons. The van der Waals surface area contributed by atoms with Gasteiger partial charge in [-0.2, -0.15) is 0 Å². The number of nitrogens with zero attached hydrogens (tertiary/aromatic N) is 3. The van der Waals surface area contributed by atoms with Crippen LogP contribution in [0.5, 0.6) is 0 Å². The van der Waals surface area contributed by atoms with Crippen LogP contribution in [0.4, 0.5) is 0 Å². The molecule has 1 atom stereocenters. The smallest absolute Gasteiger partial charge is 0.0985 e. The fourth-order valence-electron chi connectivity index (χ4n) is 2.62. The van der Waals surface area contributed by atoms with Crippen LogP contribution in [0.15, 0.2) is 67.3 Å². The van der Waals surface area contributed by atoms with E-state index in [1.165, 1.54) is 15.6 Å². The highest BCUT2D eigenvalue weighted by Crippen LogP contribution is 2.32. The van der Waals surface area contributed by atoms with Crippen LogP contribution in [0, 0.1) is 0 Å². The topological polar surface area (TPSA) is 38.7 Å². The summed E-state index contributed by atoms with van der Waals surface area (Å²) in [6, 6.07) is 14.6. The van der Waals surface area contributed by atoms with Crippen LogP contribution in [0.1, 0.15) is 24.1 Å². The molecular weight excluding hydrogens is 302 g/mol. The Kier molecular flexibility index (Phi) is 3.60. The third kappa shape index (κ3) is 2.73. The fourth-order valence-corrected chi connectivity index (χ4v) is 3.64. The van der Waals surface area contributed by atoms with E-state index in [2.05, 4.69) is 52.2 Å². The van der Waals surface area contributed by atoms with Crippen molar-refractivity contribution >= 4 is 21.4 Å². The largest absolute Gasteiger partial charge is 0.265 e. The first-order valence-electron chi connectivity index (χ1n) is 7.52. The Morgan fingerprint density at radius 2 is 1.78 bits per heavy atom. The van der Waals surface area contributed by atoms with E-state index < -0.39 is 0 Å². The van der Waals surface area contributed by atoms with Crippen LogP contribution in [-0.2, 0) is 0 Å². The molecule has 0 amide bonds. The molecule has 0 aliphatic carbocycles. The summed E-state index contributed by atoms with van der Waals surface area (Å²) in [5.74, 6) is 0.210. The Labute approximate surface area is 138 Å². The standard InChI is InChI=1S/C19H15N3S/c1-13(14-6-8-20-9-7-14)16-11-22-17(12-21-16)19-10-15-4-2-3-5-18(15)23-19/h2-13H,1H3. The molecule has 3 aromatic heterocycles. The normalized spacial score (nSPS) is 12.4. The number of rotatable bonds is 3. The first kappa shape index (κ1) is 14.0. The number of hydrogen-bond donors (Lipinski definition) is 0. The Hall–Kier alpha value is -2.59. The highest BCUT2D eigenvalue weighted by molar-refractivity contribution is 7.22. The zero-order valence-corrected chi connectivity index (χ0v) is 13.5. The first-order valence-corrected chi connectivity index (χ1v) is 8.34. The van der Waals surface area contributed by atoms with Gasteiger partial charge < -0.3 is 0 Å². The van der Waals surface area contributed by atoms with Crippen LogP contribution in [0.3, 0.4) is 0 Å². The lowest BCUT2D eigenvalue weighted by Crippen LogP contribution is -2.00. The van der Waals surface area contributed by atoms with Gasteiger partial charge in [0, 0.05) is 29.2 Å². The molecule has 0 aliphatic rings. The number of aromatic nitrogens is 3. The van der Waals surface area contributed by atoms with Crippen LogP contribution in [0.25, 0.3) is 20.7 Å². The second kappa shape index (κ2) is 5.89. The van der Waals surface area contributed by atoms with E-state index >= 15 is 0 Å². The van der Waals surface area contributed by atoms with Gasteiger partial charge in [-0.25, -0.2) is 0 Å². The highest BCUT2D eigenvalue weighted by Gasteiger charge is 2.11. The van der Waals surface area contributed by atoms with E-state index in [0.29, 0.717) is 0 Å². The molecule has 3 nitrogen and oxygen atoms in total. The van der Waals surface area contributed by atoms with Gasteiger partial charge in [0.15, 0.2) is 0 Å². The van der Waals surface area contributed by atoms with Crippen molar-refractivity contribution < 1.29 is 0 Å². The van der Waals surface area contributed by atoms with Crippen molar-refractivity contribution in [2.45, 2.75) is 12.8 Å². The van der Waals surface area contributed by atoms with Crippen LogP contribution in [-0.4, -0.2) is 15.0 Å². The Balaban J connectivity index is 1.65. The molecule has 1 unspecified atom stereocenters. The van der Waals surface area contributed by atoms with Gasteiger partial charge >= 0.3 is 0 Å². The summed E-state index contributed by atoms with van der Waals surface area (Å²) >= 11 is 1.75. The summed E-state index contributed by atoms with van der Waals surface area (Å²) in [6.07, 6.45) is 7.37. The van der Waals surface area contributed by atoms with Crippen molar-refractivity contribution in [3.63, 3.8) is 0 Å². The lowest BCUT2D eigenvalue weighted by Gasteiger charge is -2.10. The van der Waals surface area contributed by atoms with Gasteiger partial charge in [0.1, 0.15) is 0 Å². The zero-order valence-electron chi connectivity index (χ0n) is 12.7. The predicted octanol–water partition coefficient (Wildman–Crippen LogP) is 4.91. The summed E-state index contributed by atoms with van der Waals surface area (Å²) in [6.45, 7) is 2.14. The van der Waals surface area contributed by atoms with Gasteiger partial charge in [-0.3, -0.25) is 15.0 Å². The molecule has 4 rings (SSSR count). The predicted molar refractivity (Wildman–Crippen MR) is 94.6 cm³/mol. The summed E-state index contributed by atoms with van der Waals surface area (Å²) in [4.78, 5) is 14.5. The third-order valence-corrected chi connectivity index (χ3v) is 5.14. The van der Waals surface area contributed by atoms with E-state index in [0.717, 1.165) is 16.3 Å². The molecule has 4 heteroatoms. The number of benzene rings is 1. The molecule has 23 heavy (non-hydrogen) atoms. The van der Waals surface area contributed by atoms with Crippen molar-refractivity contribution in [1.29, 1.82) is 0 Å². The molecule has 0 saturated carbocycles. The van der Waals surface area contributed by atoms with Crippen LogP contribution < -0.4 is 0 Å². The van der Waals surface area contributed by atoms with E-state index in [-0.39, 0.29) is 5.92 Å². The molecule has 0 radical (unpaired) electrons. The fraction of sp³-hybridized carbons (Fsp3) is 0.105. The van der Waals surface area contributed by atoms with Crippen molar-refractivity contribution in [2.24, 2.45) is 0 Å². The quantitative estimate of drug-likeness (QED) is 0.539. The SMILES string of the molecule is CC(c1ccncc1)c1cnc(-c2cc3ccccc3s2)cn1.